The third-order valence-electron chi connectivity index (χ3n) is 6.25. The second kappa shape index (κ2) is 9.58. The van der Waals surface area contributed by atoms with Gasteiger partial charge < -0.3 is 20.1 Å². The monoisotopic (exact) mass is 481 g/mol. The van der Waals surface area contributed by atoms with Gasteiger partial charge >= 0.3 is 0 Å². The molecule has 1 aliphatic heterocycles. The fourth-order valence-corrected chi connectivity index (χ4v) is 4.43. The number of fused-ring (bicyclic) bond motifs is 1. The Hall–Kier alpha value is -4.59. The fraction of sp³-hybridized carbons (Fsp3) is 0.179. The van der Waals surface area contributed by atoms with Gasteiger partial charge in [-0.3, -0.25) is 4.79 Å². The molecule has 1 unspecified atom stereocenters. The lowest BCUT2D eigenvalue weighted by Crippen LogP contribution is -2.31. The quantitative estimate of drug-likeness (QED) is 0.394. The highest BCUT2D eigenvalue weighted by atomic mass is 16.5. The van der Waals surface area contributed by atoms with Gasteiger partial charge in [0.1, 0.15) is 17.5 Å². The topological polar surface area (TPSA) is 90.3 Å². The zero-order valence-corrected chi connectivity index (χ0v) is 20.6. The van der Waals surface area contributed by atoms with Crippen LogP contribution in [0.25, 0.3) is 11.4 Å². The number of para-hydroxylation sites is 1. The molecule has 8 nitrogen and oxygen atoms in total. The molecule has 2 heterocycles. The standard InChI is InChI=1S/C28H27N5O3/c1-17-10-8-9-13-21(17)26-31-28-29-18(2)24(27(34)30-19-11-6-5-7-12-19)25(33(28)32-26)22-15-14-20(35-3)16-23(22)36-4/h5-16,25H,1-4H3,(H,30,34)(H,29,31,32). The van der Waals surface area contributed by atoms with Crippen molar-refractivity contribution >= 4 is 17.5 Å². The Balaban J connectivity index is 1.67. The summed E-state index contributed by atoms with van der Waals surface area (Å²) >= 11 is 0. The molecule has 0 radical (unpaired) electrons. The molecule has 8 heteroatoms. The van der Waals surface area contributed by atoms with E-state index in [0.29, 0.717) is 40.2 Å². The summed E-state index contributed by atoms with van der Waals surface area (Å²) in [4.78, 5) is 18.5. The van der Waals surface area contributed by atoms with E-state index in [1.54, 1.807) is 25.0 Å². The summed E-state index contributed by atoms with van der Waals surface area (Å²) in [5.74, 6) is 2.11. The number of nitrogens with zero attached hydrogens (tertiary/aromatic N) is 3. The normalized spacial score (nSPS) is 14.6. The molecule has 1 aromatic heterocycles. The Morgan fingerprint density at radius 3 is 2.44 bits per heavy atom. The summed E-state index contributed by atoms with van der Waals surface area (Å²) in [7, 11) is 3.20. The second-order valence-corrected chi connectivity index (χ2v) is 8.51. The Morgan fingerprint density at radius 2 is 1.72 bits per heavy atom. The first-order chi connectivity index (χ1) is 17.5. The number of ether oxygens (including phenoxy) is 2. The second-order valence-electron chi connectivity index (χ2n) is 8.51. The van der Waals surface area contributed by atoms with E-state index in [1.807, 2.05) is 80.6 Å². The molecule has 0 fully saturated rings. The highest BCUT2D eigenvalue weighted by Gasteiger charge is 2.36. The van der Waals surface area contributed by atoms with Crippen molar-refractivity contribution in [2.75, 3.05) is 24.9 Å². The lowest BCUT2D eigenvalue weighted by atomic mass is 9.94. The van der Waals surface area contributed by atoms with Crippen LogP contribution in [0.5, 0.6) is 11.5 Å². The Bertz CT molecular complexity index is 1460. The highest BCUT2D eigenvalue weighted by Crippen LogP contribution is 2.41. The summed E-state index contributed by atoms with van der Waals surface area (Å²) in [6.07, 6.45) is 0. The van der Waals surface area contributed by atoms with Crippen molar-refractivity contribution in [2.24, 2.45) is 0 Å². The van der Waals surface area contributed by atoms with Crippen molar-refractivity contribution in [3.63, 3.8) is 0 Å². The number of aromatic nitrogens is 3. The summed E-state index contributed by atoms with van der Waals surface area (Å²) in [6, 6.07) is 22.3. The Labute approximate surface area is 209 Å². The van der Waals surface area contributed by atoms with Crippen LogP contribution in [0.2, 0.25) is 0 Å². The van der Waals surface area contributed by atoms with Gasteiger partial charge in [0.05, 0.1) is 19.8 Å². The molecule has 1 atom stereocenters. The van der Waals surface area contributed by atoms with Gasteiger partial charge in [-0.1, -0.05) is 42.5 Å². The first-order valence-electron chi connectivity index (χ1n) is 11.6. The van der Waals surface area contributed by atoms with Gasteiger partial charge in [0.2, 0.25) is 5.95 Å². The molecule has 0 aliphatic carbocycles. The van der Waals surface area contributed by atoms with Crippen molar-refractivity contribution in [3.05, 3.63) is 95.2 Å². The van der Waals surface area contributed by atoms with Gasteiger partial charge in [0.15, 0.2) is 5.82 Å². The number of rotatable bonds is 6. The van der Waals surface area contributed by atoms with Gasteiger partial charge in [-0.05, 0) is 43.7 Å². The lowest BCUT2D eigenvalue weighted by Gasteiger charge is -2.29. The summed E-state index contributed by atoms with van der Waals surface area (Å²) in [5, 5.41) is 11.2. The largest absolute Gasteiger partial charge is 0.497 e. The first kappa shape index (κ1) is 23.2. The predicted molar refractivity (Wildman–Crippen MR) is 139 cm³/mol. The average Bonchev–Trinajstić information content (AvgIpc) is 3.31. The number of hydrogen-bond acceptors (Lipinski definition) is 6. The molecular formula is C28H27N5O3. The zero-order chi connectivity index (χ0) is 25.2. The molecule has 0 saturated carbocycles. The SMILES string of the molecule is COc1ccc(C2C(C(=O)Nc3ccccc3)=C(C)Nc3nc(-c4ccccc4C)nn32)c(OC)c1. The molecular weight excluding hydrogens is 454 g/mol. The van der Waals surface area contributed by atoms with E-state index < -0.39 is 6.04 Å². The first-order valence-corrected chi connectivity index (χ1v) is 11.6. The van der Waals surface area contributed by atoms with E-state index in [0.717, 1.165) is 16.7 Å². The molecule has 1 amide bonds. The number of nitrogens with one attached hydrogen (secondary N) is 2. The number of anilines is 2. The average molecular weight is 482 g/mol. The van der Waals surface area contributed by atoms with E-state index in [-0.39, 0.29) is 5.91 Å². The maximum absolute atomic E-state index is 13.7. The number of allylic oxidation sites excluding steroid dienone is 1. The van der Waals surface area contributed by atoms with E-state index in [1.165, 1.54) is 0 Å². The maximum Gasteiger partial charge on any atom is 0.255 e. The number of carbonyl (C=O) groups excluding carboxylic acids is 1. The van der Waals surface area contributed by atoms with E-state index in [4.69, 9.17) is 19.6 Å². The predicted octanol–water partition coefficient (Wildman–Crippen LogP) is 5.20. The van der Waals surface area contributed by atoms with Crippen LogP contribution in [0, 0.1) is 6.92 Å². The summed E-state index contributed by atoms with van der Waals surface area (Å²) < 4.78 is 12.9. The zero-order valence-electron chi connectivity index (χ0n) is 20.6. The van der Waals surface area contributed by atoms with Crippen molar-refractivity contribution in [3.8, 4) is 22.9 Å². The number of carbonyl (C=O) groups is 1. The number of benzene rings is 3. The van der Waals surface area contributed by atoms with Gasteiger partial charge in [-0.2, -0.15) is 4.98 Å². The number of aryl methyl sites for hydroxylation is 1. The highest BCUT2D eigenvalue weighted by molar-refractivity contribution is 6.06. The maximum atomic E-state index is 13.7. The minimum Gasteiger partial charge on any atom is -0.497 e. The lowest BCUT2D eigenvalue weighted by molar-refractivity contribution is -0.113. The van der Waals surface area contributed by atoms with Crippen LogP contribution in [0.4, 0.5) is 11.6 Å². The molecule has 4 aromatic rings. The molecule has 0 bridgehead atoms. The van der Waals surface area contributed by atoms with Gasteiger partial charge in [-0.15, -0.1) is 5.10 Å². The molecule has 182 valence electrons. The van der Waals surface area contributed by atoms with Crippen LogP contribution < -0.4 is 20.1 Å². The van der Waals surface area contributed by atoms with E-state index in [9.17, 15) is 4.79 Å². The van der Waals surface area contributed by atoms with Crippen LogP contribution in [-0.4, -0.2) is 34.9 Å². The minimum atomic E-state index is -0.587. The molecule has 0 spiro atoms. The number of methoxy groups -OCH3 is 2. The van der Waals surface area contributed by atoms with Crippen LogP contribution in [0.15, 0.2) is 84.1 Å². The van der Waals surface area contributed by atoms with Crippen molar-refractivity contribution < 1.29 is 14.3 Å². The van der Waals surface area contributed by atoms with Gasteiger partial charge in [0.25, 0.3) is 5.91 Å². The molecule has 36 heavy (non-hydrogen) atoms. The third kappa shape index (κ3) is 4.17. The summed E-state index contributed by atoms with van der Waals surface area (Å²) in [5.41, 5.74) is 4.65. The Morgan fingerprint density at radius 1 is 0.972 bits per heavy atom. The Kier molecular flexibility index (Phi) is 6.16. The molecule has 0 saturated heterocycles. The molecule has 5 rings (SSSR count). The smallest absolute Gasteiger partial charge is 0.255 e. The van der Waals surface area contributed by atoms with Crippen LogP contribution >= 0.6 is 0 Å². The van der Waals surface area contributed by atoms with Crippen LogP contribution in [-0.2, 0) is 4.79 Å². The third-order valence-corrected chi connectivity index (χ3v) is 6.25. The minimum absolute atomic E-state index is 0.243. The van der Waals surface area contributed by atoms with Crippen LogP contribution in [0.3, 0.4) is 0 Å². The fourth-order valence-electron chi connectivity index (χ4n) is 4.43. The number of hydrogen-bond donors (Lipinski definition) is 2. The molecule has 2 N–H and O–H groups in total. The molecule has 1 aliphatic rings. The van der Waals surface area contributed by atoms with E-state index >= 15 is 0 Å². The van der Waals surface area contributed by atoms with Crippen LogP contribution in [0.1, 0.15) is 24.1 Å². The summed E-state index contributed by atoms with van der Waals surface area (Å²) in [6.45, 7) is 3.89. The van der Waals surface area contributed by atoms with Crippen molar-refractivity contribution in [2.45, 2.75) is 19.9 Å². The van der Waals surface area contributed by atoms with E-state index in [2.05, 4.69) is 10.6 Å². The van der Waals surface area contributed by atoms with Gasteiger partial charge in [0, 0.05) is 28.6 Å². The number of amides is 1. The van der Waals surface area contributed by atoms with Crippen molar-refractivity contribution in [1.82, 2.24) is 14.8 Å². The van der Waals surface area contributed by atoms with Gasteiger partial charge in [-0.25, -0.2) is 4.68 Å². The molecule has 3 aromatic carbocycles. The van der Waals surface area contributed by atoms with Crippen molar-refractivity contribution in [1.29, 1.82) is 0 Å².